The molecule has 1 amide bonds. The highest BCUT2D eigenvalue weighted by atomic mass is 16.5. The Labute approximate surface area is 149 Å². The molecule has 3 atom stereocenters. The fourth-order valence-corrected chi connectivity index (χ4v) is 4.24. The molecular formula is C19H28N2O4. The van der Waals surface area contributed by atoms with Crippen LogP contribution in [-0.4, -0.2) is 61.0 Å². The number of rotatable bonds is 6. The lowest BCUT2D eigenvalue weighted by molar-refractivity contribution is -0.125. The Kier molecular flexibility index (Phi) is 5.61. The van der Waals surface area contributed by atoms with Gasteiger partial charge in [0.1, 0.15) is 5.75 Å². The number of hydrogen-bond donors (Lipinski definition) is 2. The van der Waals surface area contributed by atoms with E-state index in [-0.39, 0.29) is 23.7 Å². The molecule has 0 spiro atoms. The minimum atomic E-state index is -0.300. The van der Waals surface area contributed by atoms with E-state index in [2.05, 4.69) is 10.2 Å². The van der Waals surface area contributed by atoms with Crippen LogP contribution in [0.2, 0.25) is 0 Å². The average molecular weight is 348 g/mol. The van der Waals surface area contributed by atoms with Gasteiger partial charge in [0.25, 0.3) is 0 Å². The van der Waals surface area contributed by atoms with Crippen molar-refractivity contribution in [1.82, 2.24) is 10.2 Å². The van der Waals surface area contributed by atoms with Crippen LogP contribution >= 0.6 is 0 Å². The van der Waals surface area contributed by atoms with Crippen molar-refractivity contribution in [2.45, 2.75) is 50.0 Å². The van der Waals surface area contributed by atoms with E-state index in [1.165, 1.54) is 0 Å². The summed E-state index contributed by atoms with van der Waals surface area (Å²) in [5.41, 5.74) is 0.751. The normalized spacial score (nSPS) is 29.2. The molecule has 1 saturated carbocycles. The van der Waals surface area contributed by atoms with E-state index in [9.17, 15) is 9.90 Å². The highest BCUT2D eigenvalue weighted by Crippen LogP contribution is 2.42. The van der Waals surface area contributed by atoms with Gasteiger partial charge in [-0.3, -0.25) is 9.69 Å². The maximum Gasteiger partial charge on any atom is 0.234 e. The van der Waals surface area contributed by atoms with Gasteiger partial charge in [0, 0.05) is 31.8 Å². The van der Waals surface area contributed by atoms with Crippen molar-refractivity contribution in [2.75, 3.05) is 27.3 Å². The summed E-state index contributed by atoms with van der Waals surface area (Å²) in [6.45, 7) is 1.60. The molecule has 0 bridgehead atoms. The molecule has 1 saturated heterocycles. The summed E-state index contributed by atoms with van der Waals surface area (Å²) in [7, 11) is 3.37. The molecule has 0 radical (unpaired) electrons. The number of fused-ring (bicyclic) bond motifs is 1. The number of likely N-dealkylation sites (tertiary alicyclic amines) is 1. The summed E-state index contributed by atoms with van der Waals surface area (Å²) in [5, 5.41) is 13.0. The van der Waals surface area contributed by atoms with Crippen molar-refractivity contribution >= 4 is 5.91 Å². The van der Waals surface area contributed by atoms with Gasteiger partial charge in [0.15, 0.2) is 0 Å². The van der Waals surface area contributed by atoms with E-state index >= 15 is 0 Å². The molecule has 1 aromatic rings. The first-order valence-corrected chi connectivity index (χ1v) is 8.94. The minimum absolute atomic E-state index is 0.0159. The number of hydrogen-bond acceptors (Lipinski definition) is 5. The lowest BCUT2D eigenvalue weighted by Gasteiger charge is -2.42. The molecule has 138 valence electrons. The fourth-order valence-electron chi connectivity index (χ4n) is 4.24. The first-order chi connectivity index (χ1) is 12.1. The smallest absolute Gasteiger partial charge is 0.234 e. The zero-order valence-electron chi connectivity index (χ0n) is 15.0. The third-order valence-electron chi connectivity index (χ3n) is 5.69. The van der Waals surface area contributed by atoms with Gasteiger partial charge in [-0.2, -0.15) is 0 Å². The van der Waals surface area contributed by atoms with Gasteiger partial charge in [-0.15, -0.1) is 0 Å². The van der Waals surface area contributed by atoms with Gasteiger partial charge in [-0.25, -0.2) is 0 Å². The quantitative estimate of drug-likeness (QED) is 0.811. The van der Waals surface area contributed by atoms with E-state index < -0.39 is 0 Å². The van der Waals surface area contributed by atoms with Crippen LogP contribution in [0.25, 0.3) is 0 Å². The van der Waals surface area contributed by atoms with Crippen LogP contribution in [0.5, 0.6) is 5.75 Å². The predicted octanol–water partition coefficient (Wildman–Crippen LogP) is 1.32. The maximum atomic E-state index is 12.4. The lowest BCUT2D eigenvalue weighted by atomic mass is 9.79. The average Bonchev–Trinajstić information content (AvgIpc) is 2.98. The molecular weight excluding hydrogens is 320 g/mol. The van der Waals surface area contributed by atoms with Crippen LogP contribution in [0.3, 0.4) is 0 Å². The highest BCUT2D eigenvalue weighted by Gasteiger charge is 2.50. The van der Waals surface area contributed by atoms with E-state index in [4.69, 9.17) is 9.47 Å². The van der Waals surface area contributed by atoms with Gasteiger partial charge < -0.3 is 19.9 Å². The summed E-state index contributed by atoms with van der Waals surface area (Å²) in [5.74, 6) is 0.760. The molecule has 1 aliphatic carbocycles. The largest absolute Gasteiger partial charge is 0.496 e. The van der Waals surface area contributed by atoms with Crippen molar-refractivity contribution in [1.29, 1.82) is 0 Å². The molecule has 1 aromatic carbocycles. The number of nitrogens with one attached hydrogen (secondary N) is 1. The summed E-state index contributed by atoms with van der Waals surface area (Å²) < 4.78 is 11.1. The SMILES string of the molecule is COc1ccccc1CNC(=O)CN1CC[C@]2(OC)CC[C@@H](O)C[C@H]12. The number of nitrogens with zero attached hydrogens (tertiary/aromatic N) is 1. The zero-order valence-corrected chi connectivity index (χ0v) is 15.0. The zero-order chi connectivity index (χ0) is 17.9. The third kappa shape index (κ3) is 3.81. The Morgan fingerprint density at radius 3 is 2.92 bits per heavy atom. The Morgan fingerprint density at radius 1 is 1.36 bits per heavy atom. The number of ether oxygens (including phenoxy) is 2. The van der Waals surface area contributed by atoms with Gasteiger partial charge in [-0.05, 0) is 31.7 Å². The number of benzene rings is 1. The Balaban J connectivity index is 1.57. The summed E-state index contributed by atoms with van der Waals surface area (Å²) >= 11 is 0. The summed E-state index contributed by atoms with van der Waals surface area (Å²) in [6.07, 6.45) is 2.92. The van der Waals surface area contributed by atoms with E-state index in [0.717, 1.165) is 37.1 Å². The van der Waals surface area contributed by atoms with Crippen molar-refractivity contribution in [3.63, 3.8) is 0 Å². The topological polar surface area (TPSA) is 71.0 Å². The van der Waals surface area contributed by atoms with Gasteiger partial charge >= 0.3 is 0 Å². The highest BCUT2D eigenvalue weighted by molar-refractivity contribution is 5.78. The first kappa shape index (κ1) is 18.2. The van der Waals surface area contributed by atoms with Crippen molar-refractivity contribution < 1.29 is 19.4 Å². The Hall–Kier alpha value is -1.63. The second-order valence-corrected chi connectivity index (χ2v) is 7.02. The molecule has 2 N–H and O–H groups in total. The van der Waals surface area contributed by atoms with Crippen LogP contribution in [0.4, 0.5) is 0 Å². The van der Waals surface area contributed by atoms with Crippen LogP contribution in [-0.2, 0) is 16.1 Å². The Morgan fingerprint density at radius 2 is 2.16 bits per heavy atom. The van der Waals surface area contributed by atoms with Crippen LogP contribution < -0.4 is 10.1 Å². The number of carbonyl (C=O) groups is 1. The van der Waals surface area contributed by atoms with Crippen LogP contribution in [0.15, 0.2) is 24.3 Å². The van der Waals surface area contributed by atoms with E-state index in [0.29, 0.717) is 19.5 Å². The second kappa shape index (κ2) is 7.72. The number of aliphatic hydroxyl groups excluding tert-OH is 1. The van der Waals surface area contributed by atoms with Gasteiger partial charge in [0.05, 0.1) is 25.4 Å². The fraction of sp³-hybridized carbons (Fsp3) is 0.632. The van der Waals surface area contributed by atoms with Crippen LogP contribution in [0, 0.1) is 0 Å². The van der Waals surface area contributed by atoms with E-state index in [1.807, 2.05) is 24.3 Å². The minimum Gasteiger partial charge on any atom is -0.496 e. The number of carbonyl (C=O) groups excluding carboxylic acids is 1. The lowest BCUT2D eigenvalue weighted by Crippen LogP contribution is -2.53. The van der Waals surface area contributed by atoms with Gasteiger partial charge in [0.2, 0.25) is 5.91 Å². The summed E-state index contributed by atoms with van der Waals surface area (Å²) in [6, 6.07) is 7.78. The molecule has 0 unspecified atom stereocenters. The first-order valence-electron chi connectivity index (χ1n) is 8.94. The van der Waals surface area contributed by atoms with Crippen molar-refractivity contribution in [2.24, 2.45) is 0 Å². The monoisotopic (exact) mass is 348 g/mol. The molecule has 6 heteroatoms. The van der Waals surface area contributed by atoms with Crippen molar-refractivity contribution in [3.8, 4) is 5.75 Å². The number of amides is 1. The Bertz CT molecular complexity index is 609. The molecule has 6 nitrogen and oxygen atoms in total. The van der Waals surface area contributed by atoms with E-state index in [1.54, 1.807) is 14.2 Å². The number of methoxy groups -OCH3 is 2. The van der Waals surface area contributed by atoms with Crippen LogP contribution in [0.1, 0.15) is 31.2 Å². The molecule has 25 heavy (non-hydrogen) atoms. The molecule has 3 rings (SSSR count). The summed E-state index contributed by atoms with van der Waals surface area (Å²) in [4.78, 5) is 14.6. The molecule has 1 heterocycles. The molecule has 2 aliphatic rings. The van der Waals surface area contributed by atoms with Gasteiger partial charge in [-0.1, -0.05) is 18.2 Å². The predicted molar refractivity (Wildman–Crippen MR) is 94.4 cm³/mol. The number of para-hydroxylation sites is 1. The maximum absolute atomic E-state index is 12.4. The second-order valence-electron chi connectivity index (χ2n) is 7.02. The molecule has 1 aliphatic heterocycles. The third-order valence-corrected chi connectivity index (χ3v) is 5.69. The molecule has 0 aromatic heterocycles. The molecule has 2 fully saturated rings. The number of aliphatic hydroxyl groups is 1. The standard InChI is InChI=1S/C19H28N2O4/c1-24-16-6-4-3-5-14(16)12-20-18(23)13-21-10-9-19(25-2)8-7-15(22)11-17(19)21/h3-6,15,17,22H,7-13H2,1-2H3,(H,20,23)/t15-,17+,19-/m1/s1. The van der Waals surface area contributed by atoms with Crippen molar-refractivity contribution in [3.05, 3.63) is 29.8 Å².